The van der Waals surface area contributed by atoms with Gasteiger partial charge in [-0.05, 0) is 49.2 Å². The first-order chi connectivity index (χ1) is 9.20. The van der Waals surface area contributed by atoms with Gasteiger partial charge in [0.25, 0.3) is 5.91 Å². The Kier molecular flexibility index (Phi) is 4.31. The van der Waals surface area contributed by atoms with Crippen LogP contribution in [-0.2, 0) is 6.42 Å². The second-order valence-corrected chi connectivity index (χ2v) is 4.51. The number of nitrogens with one attached hydrogen (secondary N) is 1. The summed E-state index contributed by atoms with van der Waals surface area (Å²) in [7, 11) is 0. The number of carbonyl (C=O) groups is 1. The molecule has 1 amide bonds. The number of aryl methyl sites for hydroxylation is 1. The molecular weight excluding hydrogens is 236 g/mol. The Bertz CT molecular complexity index is 578. The van der Waals surface area contributed by atoms with Gasteiger partial charge in [-0.3, -0.25) is 4.79 Å². The van der Waals surface area contributed by atoms with E-state index in [-0.39, 0.29) is 5.91 Å². The van der Waals surface area contributed by atoms with E-state index in [9.17, 15) is 4.79 Å². The topological polar surface area (TPSA) is 55.1 Å². The Hall–Kier alpha value is -2.13. The van der Waals surface area contributed by atoms with Gasteiger partial charge >= 0.3 is 0 Å². The number of carbonyl (C=O) groups excluding carboxylic acids is 1. The van der Waals surface area contributed by atoms with Gasteiger partial charge in [0, 0.05) is 11.3 Å². The van der Waals surface area contributed by atoms with Gasteiger partial charge in [0.05, 0.1) is 0 Å². The molecule has 3 heteroatoms. The maximum Gasteiger partial charge on any atom is 0.255 e. The summed E-state index contributed by atoms with van der Waals surface area (Å²) in [4.78, 5) is 12.2. The smallest absolute Gasteiger partial charge is 0.255 e. The third-order valence-electron chi connectivity index (χ3n) is 3.02. The Labute approximate surface area is 113 Å². The van der Waals surface area contributed by atoms with E-state index in [2.05, 4.69) is 5.32 Å². The van der Waals surface area contributed by atoms with Crippen LogP contribution in [0.4, 0.5) is 5.69 Å². The van der Waals surface area contributed by atoms with Gasteiger partial charge in [0.15, 0.2) is 0 Å². The second-order valence-electron chi connectivity index (χ2n) is 4.51. The van der Waals surface area contributed by atoms with Crippen LogP contribution in [-0.4, -0.2) is 12.5 Å². The minimum atomic E-state index is -0.0897. The van der Waals surface area contributed by atoms with Crippen LogP contribution < -0.4 is 11.1 Å². The minimum Gasteiger partial charge on any atom is -0.330 e. The summed E-state index contributed by atoms with van der Waals surface area (Å²) in [6, 6.07) is 15.3. The van der Waals surface area contributed by atoms with Crippen molar-refractivity contribution in [3.05, 3.63) is 65.2 Å². The summed E-state index contributed by atoms with van der Waals surface area (Å²) in [5.74, 6) is -0.0897. The molecule has 0 saturated carbocycles. The molecule has 0 unspecified atom stereocenters. The maximum atomic E-state index is 12.2. The number of hydrogen-bond acceptors (Lipinski definition) is 2. The van der Waals surface area contributed by atoms with Crippen molar-refractivity contribution in [2.24, 2.45) is 5.73 Å². The highest BCUT2D eigenvalue weighted by atomic mass is 16.1. The monoisotopic (exact) mass is 254 g/mol. The average Bonchev–Trinajstić information content (AvgIpc) is 2.42. The van der Waals surface area contributed by atoms with E-state index in [1.54, 1.807) is 0 Å². The molecule has 0 bridgehead atoms. The van der Waals surface area contributed by atoms with E-state index in [1.165, 1.54) is 0 Å². The predicted molar refractivity (Wildman–Crippen MR) is 78.3 cm³/mol. The van der Waals surface area contributed by atoms with Crippen LogP contribution in [0.25, 0.3) is 0 Å². The molecule has 98 valence electrons. The van der Waals surface area contributed by atoms with Gasteiger partial charge in [-0.1, -0.05) is 30.3 Å². The van der Waals surface area contributed by atoms with E-state index in [1.807, 2.05) is 55.5 Å². The molecule has 3 nitrogen and oxygen atoms in total. The normalized spacial score (nSPS) is 10.2. The van der Waals surface area contributed by atoms with Crippen molar-refractivity contribution >= 4 is 11.6 Å². The van der Waals surface area contributed by atoms with Crippen LogP contribution in [0.1, 0.15) is 21.5 Å². The van der Waals surface area contributed by atoms with Crippen molar-refractivity contribution in [2.75, 3.05) is 11.9 Å². The summed E-state index contributed by atoms with van der Waals surface area (Å²) in [6.07, 6.45) is 0.783. The van der Waals surface area contributed by atoms with E-state index in [0.29, 0.717) is 12.1 Å². The Morgan fingerprint density at radius 1 is 1.16 bits per heavy atom. The summed E-state index contributed by atoms with van der Waals surface area (Å²) < 4.78 is 0. The van der Waals surface area contributed by atoms with E-state index in [4.69, 9.17) is 5.73 Å². The molecule has 2 aromatic rings. The van der Waals surface area contributed by atoms with Gasteiger partial charge in [-0.2, -0.15) is 0 Å². The van der Waals surface area contributed by atoms with Gasteiger partial charge in [-0.15, -0.1) is 0 Å². The molecule has 2 aromatic carbocycles. The molecule has 2 rings (SSSR count). The molecule has 0 heterocycles. The van der Waals surface area contributed by atoms with Gasteiger partial charge in [-0.25, -0.2) is 0 Å². The number of nitrogens with two attached hydrogens (primary N) is 1. The lowest BCUT2D eigenvalue weighted by molar-refractivity contribution is 0.102. The highest BCUT2D eigenvalue weighted by Crippen LogP contribution is 2.15. The van der Waals surface area contributed by atoms with Crippen molar-refractivity contribution in [1.82, 2.24) is 0 Å². The van der Waals surface area contributed by atoms with Gasteiger partial charge < -0.3 is 11.1 Å². The molecule has 0 atom stereocenters. The zero-order chi connectivity index (χ0) is 13.7. The fourth-order valence-corrected chi connectivity index (χ4v) is 1.94. The lowest BCUT2D eigenvalue weighted by Crippen LogP contribution is -2.13. The van der Waals surface area contributed by atoms with Gasteiger partial charge in [0.2, 0.25) is 0 Å². The first kappa shape index (κ1) is 13.3. The van der Waals surface area contributed by atoms with Crippen molar-refractivity contribution < 1.29 is 4.79 Å². The van der Waals surface area contributed by atoms with E-state index < -0.39 is 0 Å². The molecule has 0 saturated heterocycles. The largest absolute Gasteiger partial charge is 0.330 e. The van der Waals surface area contributed by atoms with E-state index in [0.717, 1.165) is 23.2 Å². The molecule has 0 aliphatic heterocycles. The van der Waals surface area contributed by atoms with Crippen molar-refractivity contribution in [1.29, 1.82) is 0 Å². The van der Waals surface area contributed by atoms with Crippen LogP contribution >= 0.6 is 0 Å². The van der Waals surface area contributed by atoms with Crippen LogP contribution in [0.15, 0.2) is 48.5 Å². The quantitative estimate of drug-likeness (QED) is 0.881. The minimum absolute atomic E-state index is 0.0897. The lowest BCUT2D eigenvalue weighted by atomic mass is 10.1. The molecule has 3 N–H and O–H groups in total. The molecule has 19 heavy (non-hydrogen) atoms. The van der Waals surface area contributed by atoms with Gasteiger partial charge in [0.1, 0.15) is 0 Å². The fraction of sp³-hybridized carbons (Fsp3) is 0.188. The number of hydrogen-bond donors (Lipinski definition) is 2. The summed E-state index contributed by atoms with van der Waals surface area (Å²) in [5.41, 5.74) is 9.17. The highest BCUT2D eigenvalue weighted by Gasteiger charge is 2.07. The number of anilines is 1. The first-order valence-corrected chi connectivity index (χ1v) is 6.36. The molecule has 0 aromatic heterocycles. The lowest BCUT2D eigenvalue weighted by Gasteiger charge is -2.09. The SMILES string of the molecule is Cc1ccccc1NC(=O)c1cccc(CCN)c1. The number of amides is 1. The van der Waals surface area contributed by atoms with Crippen LogP contribution in [0.5, 0.6) is 0 Å². The Morgan fingerprint density at radius 2 is 1.95 bits per heavy atom. The van der Waals surface area contributed by atoms with Crippen LogP contribution in [0.2, 0.25) is 0 Å². The zero-order valence-corrected chi connectivity index (χ0v) is 11.0. The average molecular weight is 254 g/mol. The molecule has 0 aliphatic carbocycles. The molecule has 0 radical (unpaired) electrons. The Balaban J connectivity index is 2.16. The van der Waals surface area contributed by atoms with E-state index >= 15 is 0 Å². The number of para-hydroxylation sites is 1. The molecule has 0 aliphatic rings. The highest BCUT2D eigenvalue weighted by molar-refractivity contribution is 6.04. The van der Waals surface area contributed by atoms with Crippen LogP contribution in [0.3, 0.4) is 0 Å². The predicted octanol–water partition coefficient (Wildman–Crippen LogP) is 2.75. The summed E-state index contributed by atoms with van der Waals surface area (Å²) >= 11 is 0. The molecular formula is C16H18N2O. The van der Waals surface area contributed by atoms with Crippen LogP contribution in [0, 0.1) is 6.92 Å². The van der Waals surface area contributed by atoms with Crippen molar-refractivity contribution in [3.63, 3.8) is 0 Å². The van der Waals surface area contributed by atoms with Crippen molar-refractivity contribution in [2.45, 2.75) is 13.3 Å². The second kappa shape index (κ2) is 6.16. The molecule has 0 spiro atoms. The Morgan fingerprint density at radius 3 is 2.68 bits per heavy atom. The number of rotatable bonds is 4. The maximum absolute atomic E-state index is 12.2. The third-order valence-corrected chi connectivity index (χ3v) is 3.02. The van der Waals surface area contributed by atoms with Crippen molar-refractivity contribution in [3.8, 4) is 0 Å². The summed E-state index contributed by atoms with van der Waals surface area (Å²) in [5, 5.41) is 2.93. The molecule has 0 fully saturated rings. The number of benzene rings is 2. The fourth-order valence-electron chi connectivity index (χ4n) is 1.94. The summed E-state index contributed by atoms with van der Waals surface area (Å²) in [6.45, 7) is 2.56. The first-order valence-electron chi connectivity index (χ1n) is 6.36. The standard InChI is InChI=1S/C16H18N2O/c1-12-5-2-3-8-15(12)18-16(19)14-7-4-6-13(11-14)9-10-17/h2-8,11H,9-10,17H2,1H3,(H,18,19). The zero-order valence-electron chi connectivity index (χ0n) is 11.0. The third kappa shape index (κ3) is 3.42.